The van der Waals surface area contributed by atoms with Crippen LogP contribution in [-0.2, 0) is 0 Å². The van der Waals surface area contributed by atoms with Gasteiger partial charge in [0.15, 0.2) is 0 Å². The summed E-state index contributed by atoms with van der Waals surface area (Å²) in [7, 11) is 0. The van der Waals surface area contributed by atoms with Gasteiger partial charge in [0.25, 0.3) is 0 Å². The smallest absolute Gasteiger partial charge is 0.103 e. The first-order valence-electron chi connectivity index (χ1n) is 3.07. The Balaban J connectivity index is 3.00. The van der Waals surface area contributed by atoms with Gasteiger partial charge >= 0.3 is 0 Å². The second-order valence-corrected chi connectivity index (χ2v) is 2.60. The number of nitrogens with one attached hydrogen (secondary N) is 1. The van der Waals surface area contributed by atoms with E-state index in [0.717, 1.165) is 5.56 Å². The van der Waals surface area contributed by atoms with E-state index in [4.69, 9.17) is 17.3 Å². The Morgan fingerprint density at radius 1 is 1.60 bits per heavy atom. The van der Waals surface area contributed by atoms with E-state index in [-0.39, 0.29) is 0 Å². The number of aromatic amines is 1. The Hall–Kier alpha value is -0.670. The van der Waals surface area contributed by atoms with Gasteiger partial charge in [0, 0.05) is 6.20 Å². The van der Waals surface area contributed by atoms with Crippen LogP contribution in [0.2, 0.25) is 0 Å². The summed E-state index contributed by atoms with van der Waals surface area (Å²) in [6.07, 6.45) is 1.29. The summed E-state index contributed by atoms with van der Waals surface area (Å²) in [6.45, 7) is 1.71. The molecule has 10 heavy (non-hydrogen) atoms. The number of aliphatic hydroxyl groups excluding tert-OH is 1. The van der Waals surface area contributed by atoms with E-state index in [2.05, 4.69) is 4.98 Å². The molecule has 0 aliphatic heterocycles. The fourth-order valence-electron chi connectivity index (χ4n) is 0.682. The average molecular weight is 155 g/mol. The van der Waals surface area contributed by atoms with Gasteiger partial charge in [0.05, 0.1) is 6.10 Å². The van der Waals surface area contributed by atoms with E-state index in [1.807, 2.05) is 6.07 Å². The molecule has 1 aromatic rings. The molecule has 1 rings (SSSR count). The summed E-state index contributed by atoms with van der Waals surface area (Å²) in [6, 6.07) is 3.57. The van der Waals surface area contributed by atoms with E-state index in [0.29, 0.717) is 4.64 Å². The first-order chi connectivity index (χ1) is 4.70. The maximum Gasteiger partial charge on any atom is 0.103 e. The van der Waals surface area contributed by atoms with Crippen LogP contribution < -0.4 is 0 Å². The minimum atomic E-state index is -0.424. The second kappa shape index (κ2) is 2.94. The van der Waals surface area contributed by atoms with Crippen molar-refractivity contribution in [3.8, 4) is 0 Å². The first kappa shape index (κ1) is 7.44. The van der Waals surface area contributed by atoms with E-state index in [1.165, 1.54) is 0 Å². The normalized spacial score (nSPS) is 13.0. The minimum absolute atomic E-state index is 0.424. The zero-order valence-corrected chi connectivity index (χ0v) is 6.48. The number of H-pyrrole nitrogens is 1. The lowest BCUT2D eigenvalue weighted by molar-refractivity contribution is 0.199. The lowest BCUT2D eigenvalue weighted by Gasteiger charge is -2.01. The topological polar surface area (TPSA) is 36.0 Å². The molecule has 0 bridgehead atoms. The zero-order valence-electron chi connectivity index (χ0n) is 5.66. The predicted octanol–water partition coefficient (Wildman–Crippen LogP) is 1.80. The van der Waals surface area contributed by atoms with E-state index < -0.39 is 6.10 Å². The summed E-state index contributed by atoms with van der Waals surface area (Å²) in [5.41, 5.74) is 0.855. The molecule has 0 spiro atoms. The highest BCUT2D eigenvalue weighted by Crippen LogP contribution is 2.08. The van der Waals surface area contributed by atoms with Crippen molar-refractivity contribution in [1.82, 2.24) is 4.98 Å². The Morgan fingerprint density at radius 3 is 2.70 bits per heavy atom. The largest absolute Gasteiger partial charge is 0.389 e. The lowest BCUT2D eigenvalue weighted by Crippen LogP contribution is -1.90. The molecule has 3 heteroatoms. The van der Waals surface area contributed by atoms with Gasteiger partial charge in [-0.15, -0.1) is 0 Å². The summed E-state index contributed by atoms with van der Waals surface area (Å²) < 4.78 is 0.685. The zero-order chi connectivity index (χ0) is 7.56. The van der Waals surface area contributed by atoms with E-state index >= 15 is 0 Å². The van der Waals surface area contributed by atoms with Crippen molar-refractivity contribution in [1.29, 1.82) is 0 Å². The summed E-state index contributed by atoms with van der Waals surface area (Å²) in [5.74, 6) is 0. The van der Waals surface area contributed by atoms with Crippen LogP contribution in [0.1, 0.15) is 18.6 Å². The van der Waals surface area contributed by atoms with E-state index in [1.54, 1.807) is 19.2 Å². The van der Waals surface area contributed by atoms with Crippen LogP contribution in [0.15, 0.2) is 18.3 Å². The van der Waals surface area contributed by atoms with Crippen LogP contribution in [0.5, 0.6) is 0 Å². The van der Waals surface area contributed by atoms with Gasteiger partial charge < -0.3 is 10.1 Å². The highest BCUT2D eigenvalue weighted by atomic mass is 32.1. The van der Waals surface area contributed by atoms with Gasteiger partial charge in [-0.3, -0.25) is 0 Å². The molecule has 0 aliphatic rings. The van der Waals surface area contributed by atoms with Crippen LogP contribution in [-0.4, -0.2) is 10.1 Å². The number of aromatic nitrogens is 1. The Labute approximate surface area is 64.5 Å². The fourth-order valence-corrected chi connectivity index (χ4v) is 0.809. The molecule has 0 aliphatic carbocycles. The van der Waals surface area contributed by atoms with Crippen LogP contribution in [0, 0.1) is 4.64 Å². The molecular weight excluding hydrogens is 146 g/mol. The maximum atomic E-state index is 9.06. The molecule has 2 nitrogen and oxygen atoms in total. The van der Waals surface area contributed by atoms with Crippen LogP contribution in [0.3, 0.4) is 0 Å². The number of hydrogen-bond acceptors (Lipinski definition) is 2. The molecule has 0 saturated heterocycles. The predicted molar refractivity (Wildman–Crippen MR) is 42.3 cm³/mol. The number of pyridine rings is 1. The third-order valence-electron chi connectivity index (χ3n) is 1.29. The quantitative estimate of drug-likeness (QED) is 0.607. The molecule has 0 aromatic carbocycles. The summed E-state index contributed by atoms with van der Waals surface area (Å²) in [5, 5.41) is 9.06. The molecule has 1 heterocycles. The maximum absolute atomic E-state index is 9.06. The van der Waals surface area contributed by atoms with Gasteiger partial charge in [0.2, 0.25) is 0 Å². The molecule has 0 amide bonds. The number of hydrogen-bond donors (Lipinski definition) is 2. The number of rotatable bonds is 1. The fraction of sp³-hybridized carbons (Fsp3) is 0.286. The van der Waals surface area contributed by atoms with Gasteiger partial charge in [0.1, 0.15) is 4.64 Å². The highest BCUT2D eigenvalue weighted by Gasteiger charge is 1.96. The van der Waals surface area contributed by atoms with Crippen molar-refractivity contribution in [2.75, 3.05) is 0 Å². The van der Waals surface area contributed by atoms with Crippen LogP contribution in [0.4, 0.5) is 0 Å². The monoisotopic (exact) mass is 155 g/mol. The molecule has 0 fully saturated rings. The molecule has 54 valence electrons. The van der Waals surface area contributed by atoms with Crippen molar-refractivity contribution in [2.24, 2.45) is 0 Å². The third-order valence-corrected chi connectivity index (χ3v) is 1.54. The van der Waals surface area contributed by atoms with Crippen molar-refractivity contribution in [3.63, 3.8) is 0 Å². The van der Waals surface area contributed by atoms with Crippen molar-refractivity contribution in [2.45, 2.75) is 13.0 Å². The summed E-state index contributed by atoms with van der Waals surface area (Å²) >= 11 is 4.82. The Kier molecular flexibility index (Phi) is 2.19. The van der Waals surface area contributed by atoms with Crippen LogP contribution in [0.25, 0.3) is 0 Å². The highest BCUT2D eigenvalue weighted by molar-refractivity contribution is 7.71. The summed E-state index contributed by atoms with van der Waals surface area (Å²) in [4.78, 5) is 2.84. The Morgan fingerprint density at radius 2 is 2.30 bits per heavy atom. The van der Waals surface area contributed by atoms with Gasteiger partial charge in [-0.05, 0) is 18.6 Å². The third kappa shape index (κ3) is 1.65. The SMILES string of the molecule is C[C@@H](O)c1ccc(=S)[nH]c1. The molecular formula is C7H9NOS. The number of aliphatic hydroxyl groups is 1. The average Bonchev–Trinajstić information content (AvgIpc) is 1.88. The van der Waals surface area contributed by atoms with Gasteiger partial charge in [-0.1, -0.05) is 18.3 Å². The molecule has 0 radical (unpaired) electrons. The first-order valence-corrected chi connectivity index (χ1v) is 3.47. The standard InChI is InChI=1S/C7H9NOS/c1-5(9)6-2-3-7(10)8-4-6/h2-5,9H,1H3,(H,8,10)/t5-/m1/s1. The molecule has 1 atom stereocenters. The molecule has 1 aromatic heterocycles. The van der Waals surface area contributed by atoms with Gasteiger partial charge in [-0.25, -0.2) is 0 Å². The van der Waals surface area contributed by atoms with E-state index in [9.17, 15) is 0 Å². The van der Waals surface area contributed by atoms with Crippen LogP contribution >= 0.6 is 12.2 Å². The lowest BCUT2D eigenvalue weighted by atomic mass is 10.2. The Bertz CT molecular complexity index is 246. The van der Waals surface area contributed by atoms with Crippen molar-refractivity contribution >= 4 is 12.2 Å². The molecule has 0 saturated carbocycles. The van der Waals surface area contributed by atoms with Gasteiger partial charge in [-0.2, -0.15) is 0 Å². The van der Waals surface area contributed by atoms with Crippen molar-refractivity contribution < 1.29 is 5.11 Å². The van der Waals surface area contributed by atoms with Crippen molar-refractivity contribution in [3.05, 3.63) is 28.5 Å². The second-order valence-electron chi connectivity index (χ2n) is 2.16. The minimum Gasteiger partial charge on any atom is -0.389 e. The molecule has 0 unspecified atom stereocenters. The molecule has 2 N–H and O–H groups in total.